The van der Waals surface area contributed by atoms with Gasteiger partial charge in [0.15, 0.2) is 0 Å². The van der Waals surface area contributed by atoms with Gasteiger partial charge in [0, 0.05) is 18.0 Å². The molecule has 0 radical (unpaired) electrons. The minimum Gasteiger partial charge on any atom is -0.480 e. The molecule has 0 saturated carbocycles. The number of carboxylic acid groups (broad SMARTS) is 1. The molecule has 0 aliphatic heterocycles. The van der Waals surface area contributed by atoms with Crippen molar-refractivity contribution < 1.29 is 9.90 Å². The van der Waals surface area contributed by atoms with E-state index >= 15 is 0 Å². The number of hydrogen-bond donors (Lipinski definition) is 1. The molecule has 0 spiro atoms. The smallest absolute Gasteiger partial charge is 0.323 e. The fourth-order valence-corrected chi connectivity index (χ4v) is 2.16. The number of benzene rings is 1. The van der Waals surface area contributed by atoms with Crippen molar-refractivity contribution in [3.63, 3.8) is 0 Å². The summed E-state index contributed by atoms with van der Waals surface area (Å²) in [6, 6.07) is 9.50. The topological polar surface area (TPSA) is 76.6 Å². The zero-order chi connectivity index (χ0) is 15.0. The van der Waals surface area contributed by atoms with Crippen LogP contribution in [0, 0.1) is 6.92 Å². The molecular formula is C15H13N3O3. The number of rotatable bonds is 3. The number of aliphatic carboxylic acids is 1. The molecule has 0 atom stereocenters. The Hall–Kier alpha value is -2.89. The molecular weight excluding hydrogens is 270 g/mol. The van der Waals surface area contributed by atoms with E-state index in [1.54, 1.807) is 12.3 Å². The van der Waals surface area contributed by atoms with Crippen LogP contribution in [0.5, 0.6) is 0 Å². The third-order valence-corrected chi connectivity index (χ3v) is 3.26. The third kappa shape index (κ3) is 2.43. The van der Waals surface area contributed by atoms with E-state index < -0.39 is 5.97 Å². The van der Waals surface area contributed by atoms with E-state index in [9.17, 15) is 9.59 Å². The second kappa shape index (κ2) is 4.90. The predicted octanol–water partition coefficient (Wildman–Crippen LogP) is 1.56. The molecule has 0 bridgehead atoms. The highest BCUT2D eigenvalue weighted by Crippen LogP contribution is 2.18. The SMILES string of the molecule is Cc1ccc(-c2cc3c(=O)n(CC(=O)O)ccn3n2)cc1. The van der Waals surface area contributed by atoms with E-state index in [0.29, 0.717) is 11.2 Å². The van der Waals surface area contributed by atoms with Gasteiger partial charge in [-0.15, -0.1) is 0 Å². The monoisotopic (exact) mass is 283 g/mol. The lowest BCUT2D eigenvalue weighted by Gasteiger charge is -2.01. The summed E-state index contributed by atoms with van der Waals surface area (Å²) in [7, 11) is 0. The normalized spacial score (nSPS) is 10.9. The van der Waals surface area contributed by atoms with Crippen molar-refractivity contribution in [2.45, 2.75) is 13.5 Å². The minimum absolute atomic E-state index is 0.356. The van der Waals surface area contributed by atoms with Crippen LogP contribution < -0.4 is 5.56 Å². The Balaban J connectivity index is 2.12. The highest BCUT2D eigenvalue weighted by Gasteiger charge is 2.10. The van der Waals surface area contributed by atoms with Crippen LogP contribution in [-0.2, 0) is 11.3 Å². The van der Waals surface area contributed by atoms with Crippen LogP contribution in [0.1, 0.15) is 5.56 Å². The molecule has 106 valence electrons. The number of hydrogen-bond acceptors (Lipinski definition) is 3. The molecule has 2 heterocycles. The first-order valence-electron chi connectivity index (χ1n) is 6.42. The van der Waals surface area contributed by atoms with E-state index in [1.807, 2.05) is 31.2 Å². The summed E-state index contributed by atoms with van der Waals surface area (Å²) in [6.07, 6.45) is 3.01. The van der Waals surface area contributed by atoms with Gasteiger partial charge in [0.25, 0.3) is 5.56 Å². The molecule has 6 nitrogen and oxygen atoms in total. The summed E-state index contributed by atoms with van der Waals surface area (Å²) < 4.78 is 2.62. The first kappa shape index (κ1) is 13.1. The van der Waals surface area contributed by atoms with Crippen LogP contribution in [0.25, 0.3) is 16.8 Å². The van der Waals surface area contributed by atoms with Gasteiger partial charge < -0.3 is 9.67 Å². The van der Waals surface area contributed by atoms with Gasteiger partial charge in [0.1, 0.15) is 12.1 Å². The first-order valence-corrected chi connectivity index (χ1v) is 6.42. The summed E-state index contributed by atoms with van der Waals surface area (Å²) in [5.41, 5.74) is 2.72. The Morgan fingerprint density at radius 2 is 1.95 bits per heavy atom. The number of carboxylic acids is 1. The number of nitrogens with zero attached hydrogens (tertiary/aromatic N) is 3. The lowest BCUT2D eigenvalue weighted by atomic mass is 10.1. The van der Waals surface area contributed by atoms with Gasteiger partial charge in [0.05, 0.1) is 5.69 Å². The zero-order valence-electron chi connectivity index (χ0n) is 11.4. The average Bonchev–Trinajstić information content (AvgIpc) is 2.87. The lowest BCUT2D eigenvalue weighted by Crippen LogP contribution is -2.24. The summed E-state index contributed by atoms with van der Waals surface area (Å²) >= 11 is 0. The molecule has 3 aromatic rings. The van der Waals surface area contributed by atoms with Crippen molar-refractivity contribution in [2.24, 2.45) is 0 Å². The van der Waals surface area contributed by atoms with Crippen molar-refractivity contribution in [1.82, 2.24) is 14.2 Å². The lowest BCUT2D eigenvalue weighted by molar-refractivity contribution is -0.137. The van der Waals surface area contributed by atoms with Crippen molar-refractivity contribution in [3.05, 3.63) is 58.6 Å². The maximum atomic E-state index is 12.2. The predicted molar refractivity (Wildman–Crippen MR) is 77.3 cm³/mol. The Labute approximate surface area is 119 Å². The second-order valence-electron chi connectivity index (χ2n) is 4.85. The minimum atomic E-state index is -1.06. The summed E-state index contributed by atoms with van der Waals surface area (Å²) in [6.45, 7) is 1.64. The van der Waals surface area contributed by atoms with Crippen LogP contribution in [0.15, 0.2) is 47.5 Å². The first-order chi connectivity index (χ1) is 10.0. The van der Waals surface area contributed by atoms with Crippen LogP contribution in [0.3, 0.4) is 0 Å². The van der Waals surface area contributed by atoms with Gasteiger partial charge in [-0.2, -0.15) is 5.10 Å². The summed E-state index contributed by atoms with van der Waals surface area (Å²) in [5.74, 6) is -1.06. The molecule has 0 unspecified atom stereocenters. The highest BCUT2D eigenvalue weighted by atomic mass is 16.4. The Kier molecular flexibility index (Phi) is 3.06. The van der Waals surface area contributed by atoms with Gasteiger partial charge in [-0.25, -0.2) is 4.52 Å². The van der Waals surface area contributed by atoms with Crippen molar-refractivity contribution in [3.8, 4) is 11.3 Å². The number of carbonyl (C=O) groups is 1. The van der Waals surface area contributed by atoms with Gasteiger partial charge in [-0.3, -0.25) is 9.59 Å². The second-order valence-corrected chi connectivity index (χ2v) is 4.85. The van der Waals surface area contributed by atoms with Crippen LogP contribution >= 0.6 is 0 Å². The fraction of sp³-hybridized carbons (Fsp3) is 0.133. The van der Waals surface area contributed by atoms with E-state index in [2.05, 4.69) is 5.10 Å². The van der Waals surface area contributed by atoms with Crippen LogP contribution in [-0.4, -0.2) is 25.3 Å². The van der Waals surface area contributed by atoms with E-state index in [0.717, 1.165) is 15.7 Å². The molecule has 1 N–H and O–H groups in total. The molecule has 0 amide bonds. The fourth-order valence-electron chi connectivity index (χ4n) is 2.16. The number of aromatic nitrogens is 3. The average molecular weight is 283 g/mol. The molecule has 0 aliphatic carbocycles. The molecule has 1 aromatic carbocycles. The van der Waals surface area contributed by atoms with Crippen molar-refractivity contribution in [2.75, 3.05) is 0 Å². The maximum absolute atomic E-state index is 12.2. The largest absolute Gasteiger partial charge is 0.480 e. The quantitative estimate of drug-likeness (QED) is 0.791. The Morgan fingerprint density at radius 1 is 1.24 bits per heavy atom. The summed E-state index contributed by atoms with van der Waals surface area (Å²) in [5, 5.41) is 13.1. The highest BCUT2D eigenvalue weighted by molar-refractivity contribution is 5.68. The van der Waals surface area contributed by atoms with E-state index in [4.69, 9.17) is 5.11 Å². The molecule has 3 rings (SSSR count). The Bertz CT molecular complexity index is 875. The van der Waals surface area contributed by atoms with Gasteiger partial charge in [-0.05, 0) is 13.0 Å². The van der Waals surface area contributed by atoms with Crippen molar-refractivity contribution >= 4 is 11.5 Å². The van der Waals surface area contributed by atoms with E-state index in [-0.39, 0.29) is 12.1 Å². The molecule has 21 heavy (non-hydrogen) atoms. The zero-order valence-corrected chi connectivity index (χ0v) is 11.4. The molecule has 0 fully saturated rings. The van der Waals surface area contributed by atoms with Gasteiger partial charge in [0.2, 0.25) is 0 Å². The van der Waals surface area contributed by atoms with Gasteiger partial charge >= 0.3 is 5.97 Å². The summed E-state index contributed by atoms with van der Waals surface area (Å²) in [4.78, 5) is 22.9. The standard InChI is InChI=1S/C15H13N3O3/c1-10-2-4-11(5-3-10)12-8-13-15(21)17(9-14(19)20)6-7-18(13)16-12/h2-8H,9H2,1H3,(H,19,20). The number of fused-ring (bicyclic) bond motifs is 1. The molecule has 6 heteroatoms. The number of aryl methyl sites for hydroxylation is 1. The molecule has 0 saturated heterocycles. The van der Waals surface area contributed by atoms with Crippen molar-refractivity contribution in [1.29, 1.82) is 0 Å². The molecule has 2 aromatic heterocycles. The maximum Gasteiger partial charge on any atom is 0.323 e. The molecule has 0 aliphatic rings. The van der Waals surface area contributed by atoms with Crippen LogP contribution in [0.2, 0.25) is 0 Å². The van der Waals surface area contributed by atoms with E-state index in [1.165, 1.54) is 10.7 Å². The van der Waals surface area contributed by atoms with Gasteiger partial charge in [-0.1, -0.05) is 29.8 Å². The Morgan fingerprint density at radius 3 is 2.62 bits per heavy atom. The third-order valence-electron chi connectivity index (χ3n) is 3.26. The van der Waals surface area contributed by atoms with Crippen LogP contribution in [0.4, 0.5) is 0 Å².